The zero-order valence-electron chi connectivity index (χ0n) is 14.8. The third-order valence-electron chi connectivity index (χ3n) is 3.98. The lowest BCUT2D eigenvalue weighted by molar-refractivity contribution is 0.333. The van der Waals surface area contributed by atoms with Gasteiger partial charge in [-0.3, -0.25) is 4.79 Å². The Labute approximate surface area is 149 Å². The van der Waals surface area contributed by atoms with Gasteiger partial charge in [-0.2, -0.15) is 0 Å². The lowest BCUT2D eigenvalue weighted by Crippen LogP contribution is -2.02. The maximum atomic E-state index is 12.5. The average Bonchev–Trinajstić information content (AvgIpc) is 2.65. The second-order valence-electron chi connectivity index (χ2n) is 5.38. The molecule has 0 atom stereocenters. The van der Waals surface area contributed by atoms with Crippen LogP contribution in [0.15, 0.2) is 39.5 Å². The quantitative estimate of drug-likeness (QED) is 0.749. The Kier molecular flexibility index (Phi) is 4.62. The zero-order chi connectivity index (χ0) is 18.8. The minimum absolute atomic E-state index is 0.137. The summed E-state index contributed by atoms with van der Waals surface area (Å²) in [5.74, 6) is 1.36. The molecule has 0 aliphatic rings. The van der Waals surface area contributed by atoms with Gasteiger partial charge in [0.1, 0.15) is 5.76 Å². The van der Waals surface area contributed by atoms with Crippen molar-refractivity contribution in [1.29, 1.82) is 0 Å². The molecule has 1 N–H and O–H groups in total. The van der Waals surface area contributed by atoms with E-state index in [-0.39, 0.29) is 28.3 Å². The van der Waals surface area contributed by atoms with Gasteiger partial charge in [-0.05, 0) is 24.3 Å². The van der Waals surface area contributed by atoms with E-state index < -0.39 is 0 Å². The molecule has 0 saturated heterocycles. The Morgan fingerprint density at radius 3 is 2.15 bits per heavy atom. The number of hydrogen-bond donors (Lipinski definition) is 1. The van der Waals surface area contributed by atoms with Gasteiger partial charge in [0.2, 0.25) is 11.5 Å². The third-order valence-corrected chi connectivity index (χ3v) is 3.98. The largest absolute Gasteiger partial charge is 0.504 e. The summed E-state index contributed by atoms with van der Waals surface area (Å²) in [4.78, 5) is 12.5. The highest BCUT2D eigenvalue weighted by molar-refractivity contribution is 5.87. The summed E-state index contributed by atoms with van der Waals surface area (Å²) in [6, 6.07) is 7.63. The normalized spacial score (nSPS) is 10.6. The van der Waals surface area contributed by atoms with Gasteiger partial charge in [0, 0.05) is 11.6 Å². The molecule has 0 saturated carbocycles. The fourth-order valence-electron chi connectivity index (χ4n) is 2.76. The second kappa shape index (κ2) is 6.87. The van der Waals surface area contributed by atoms with Crippen molar-refractivity contribution in [2.75, 3.05) is 28.4 Å². The molecule has 26 heavy (non-hydrogen) atoms. The smallest absolute Gasteiger partial charge is 0.204 e. The molecule has 1 heterocycles. The molecule has 7 heteroatoms. The Bertz CT molecular complexity index is 1020. The minimum atomic E-state index is -0.253. The highest BCUT2D eigenvalue weighted by Crippen LogP contribution is 2.41. The van der Waals surface area contributed by atoms with Crippen molar-refractivity contribution < 1.29 is 28.5 Å². The van der Waals surface area contributed by atoms with Crippen LogP contribution in [-0.4, -0.2) is 33.5 Å². The van der Waals surface area contributed by atoms with E-state index in [1.165, 1.54) is 40.6 Å². The van der Waals surface area contributed by atoms with Crippen LogP contribution >= 0.6 is 0 Å². The first kappa shape index (κ1) is 17.5. The molecule has 136 valence electrons. The third kappa shape index (κ3) is 2.77. The number of hydrogen-bond acceptors (Lipinski definition) is 7. The van der Waals surface area contributed by atoms with Crippen molar-refractivity contribution in [2.24, 2.45) is 0 Å². The summed E-state index contributed by atoms with van der Waals surface area (Å²) in [6.07, 6.45) is 0. The van der Waals surface area contributed by atoms with Gasteiger partial charge in [-0.1, -0.05) is 0 Å². The van der Waals surface area contributed by atoms with E-state index >= 15 is 0 Å². The van der Waals surface area contributed by atoms with Crippen LogP contribution in [0.1, 0.15) is 0 Å². The molecular formula is C19H18O7. The van der Waals surface area contributed by atoms with Crippen LogP contribution in [0.25, 0.3) is 22.3 Å². The van der Waals surface area contributed by atoms with Crippen LogP contribution in [0.3, 0.4) is 0 Å². The van der Waals surface area contributed by atoms with Gasteiger partial charge in [0.15, 0.2) is 28.3 Å². The highest BCUT2D eigenvalue weighted by Gasteiger charge is 2.18. The Hall–Kier alpha value is -3.35. The second-order valence-corrected chi connectivity index (χ2v) is 5.38. The number of rotatable bonds is 5. The Balaban J connectivity index is 2.30. The molecule has 1 aromatic heterocycles. The van der Waals surface area contributed by atoms with Crippen LogP contribution < -0.4 is 24.4 Å². The topological polar surface area (TPSA) is 87.4 Å². The lowest BCUT2D eigenvalue weighted by Gasteiger charge is -2.13. The van der Waals surface area contributed by atoms with Crippen molar-refractivity contribution in [2.45, 2.75) is 0 Å². The molecular weight excluding hydrogens is 340 g/mol. The number of fused-ring (bicyclic) bond motifs is 1. The first-order valence-electron chi connectivity index (χ1n) is 7.68. The molecule has 3 rings (SSSR count). The number of ether oxygens (including phenoxy) is 4. The maximum absolute atomic E-state index is 12.5. The molecule has 0 aliphatic carbocycles. The van der Waals surface area contributed by atoms with Crippen molar-refractivity contribution in [3.8, 4) is 40.1 Å². The molecule has 7 nitrogen and oxygen atoms in total. The molecule has 0 aliphatic heterocycles. The van der Waals surface area contributed by atoms with Crippen molar-refractivity contribution in [3.05, 3.63) is 40.6 Å². The predicted molar refractivity (Wildman–Crippen MR) is 95.8 cm³/mol. The van der Waals surface area contributed by atoms with Gasteiger partial charge in [0.25, 0.3) is 0 Å². The molecule has 0 unspecified atom stereocenters. The van der Waals surface area contributed by atoms with Crippen LogP contribution in [0.2, 0.25) is 0 Å². The summed E-state index contributed by atoms with van der Waals surface area (Å²) >= 11 is 0. The van der Waals surface area contributed by atoms with Gasteiger partial charge < -0.3 is 28.5 Å². The first-order valence-corrected chi connectivity index (χ1v) is 7.68. The molecule has 0 amide bonds. The average molecular weight is 358 g/mol. The number of aromatic hydroxyl groups is 1. The van der Waals surface area contributed by atoms with E-state index in [1.54, 1.807) is 18.2 Å². The van der Waals surface area contributed by atoms with Gasteiger partial charge in [0.05, 0.1) is 33.8 Å². The minimum Gasteiger partial charge on any atom is -0.504 e. The molecule has 2 aromatic carbocycles. The zero-order valence-corrected chi connectivity index (χ0v) is 14.8. The van der Waals surface area contributed by atoms with Crippen LogP contribution in [0, 0.1) is 0 Å². The van der Waals surface area contributed by atoms with E-state index in [9.17, 15) is 9.90 Å². The van der Waals surface area contributed by atoms with Crippen molar-refractivity contribution in [1.82, 2.24) is 0 Å². The SMILES string of the molecule is COc1cc(-c2cc(=O)c3ccc(OC)c(OC)c3o2)cc(O)c1OC. The van der Waals surface area contributed by atoms with Gasteiger partial charge >= 0.3 is 0 Å². The Morgan fingerprint density at radius 2 is 1.54 bits per heavy atom. The molecule has 0 radical (unpaired) electrons. The van der Waals surface area contributed by atoms with E-state index in [0.717, 1.165) is 0 Å². The summed E-state index contributed by atoms with van der Waals surface area (Å²) in [6.45, 7) is 0. The van der Waals surface area contributed by atoms with Crippen LogP contribution in [0.5, 0.6) is 28.7 Å². The lowest BCUT2D eigenvalue weighted by atomic mass is 10.1. The van der Waals surface area contributed by atoms with Crippen molar-refractivity contribution >= 4 is 11.0 Å². The van der Waals surface area contributed by atoms with E-state index in [0.29, 0.717) is 28.2 Å². The van der Waals surface area contributed by atoms with Gasteiger partial charge in [-0.25, -0.2) is 0 Å². The summed E-state index contributed by atoms with van der Waals surface area (Å²) in [5, 5.41) is 10.5. The van der Waals surface area contributed by atoms with Crippen LogP contribution in [-0.2, 0) is 0 Å². The monoisotopic (exact) mass is 358 g/mol. The standard InChI is InChI=1S/C19H18O7/c1-22-14-6-5-11-12(20)9-15(26-17(11)19(14)25-4)10-7-13(21)18(24-3)16(8-10)23-2/h5-9,21H,1-4H3. The molecule has 0 fully saturated rings. The Morgan fingerprint density at radius 1 is 0.846 bits per heavy atom. The predicted octanol–water partition coefficient (Wildman–Crippen LogP) is 3.20. The fourth-order valence-corrected chi connectivity index (χ4v) is 2.76. The first-order chi connectivity index (χ1) is 12.5. The molecule has 3 aromatic rings. The fraction of sp³-hybridized carbons (Fsp3) is 0.211. The number of phenolic OH excluding ortho intramolecular Hbond substituents is 1. The van der Waals surface area contributed by atoms with E-state index in [1.807, 2.05) is 0 Å². The molecule has 0 bridgehead atoms. The molecule has 0 spiro atoms. The number of phenols is 1. The number of benzene rings is 2. The summed E-state index contributed by atoms with van der Waals surface area (Å²) < 4.78 is 26.9. The van der Waals surface area contributed by atoms with E-state index in [2.05, 4.69) is 0 Å². The highest BCUT2D eigenvalue weighted by atomic mass is 16.5. The number of methoxy groups -OCH3 is 4. The van der Waals surface area contributed by atoms with Gasteiger partial charge in [-0.15, -0.1) is 0 Å². The van der Waals surface area contributed by atoms with Crippen molar-refractivity contribution in [3.63, 3.8) is 0 Å². The summed E-state index contributed by atoms with van der Waals surface area (Å²) in [7, 11) is 5.83. The van der Waals surface area contributed by atoms with Crippen LogP contribution in [0.4, 0.5) is 0 Å². The maximum Gasteiger partial charge on any atom is 0.204 e. The summed E-state index contributed by atoms with van der Waals surface area (Å²) in [5.41, 5.74) is 0.448. The van der Waals surface area contributed by atoms with E-state index in [4.69, 9.17) is 23.4 Å².